The molecular formula is C6H14O2P+. The molecule has 0 aromatic rings. The molecule has 0 saturated carbocycles. The van der Waals surface area contributed by atoms with Gasteiger partial charge in [0.1, 0.15) is 5.60 Å². The number of hydrogen-bond donors (Lipinski definition) is 0. The maximum absolute atomic E-state index is 10.1. The van der Waals surface area contributed by atoms with Crippen molar-refractivity contribution in [2.45, 2.75) is 39.2 Å². The molecule has 1 atom stereocenters. The average molecular weight is 149 g/mol. The lowest BCUT2D eigenvalue weighted by atomic mass is 10.0. The van der Waals surface area contributed by atoms with E-state index < -0.39 is 8.69 Å². The molecule has 0 saturated heterocycles. The second kappa shape index (κ2) is 3.97. The van der Waals surface area contributed by atoms with Crippen LogP contribution in [0.4, 0.5) is 0 Å². The Morgan fingerprint density at radius 1 is 1.44 bits per heavy atom. The molecule has 0 aliphatic rings. The third kappa shape index (κ3) is 2.92. The summed E-state index contributed by atoms with van der Waals surface area (Å²) in [6.07, 6.45) is 1.83. The Kier molecular flexibility index (Phi) is 4.00. The van der Waals surface area contributed by atoms with Crippen LogP contribution < -0.4 is 0 Å². The van der Waals surface area contributed by atoms with E-state index in [9.17, 15) is 4.57 Å². The first-order valence-corrected chi connectivity index (χ1v) is 4.05. The summed E-state index contributed by atoms with van der Waals surface area (Å²) in [6.45, 7) is 6.03. The molecule has 0 radical (unpaired) electrons. The first kappa shape index (κ1) is 9.06. The summed E-state index contributed by atoms with van der Waals surface area (Å²) < 4.78 is 15.1. The maximum Gasteiger partial charge on any atom is 0.494 e. The Morgan fingerprint density at radius 3 is 2.00 bits per heavy atom. The van der Waals surface area contributed by atoms with Gasteiger partial charge in [0, 0.05) is 0 Å². The van der Waals surface area contributed by atoms with E-state index in [1.807, 2.05) is 20.8 Å². The summed E-state index contributed by atoms with van der Waals surface area (Å²) in [5.74, 6) is 0. The lowest BCUT2D eigenvalue weighted by Crippen LogP contribution is -2.22. The molecule has 0 amide bonds. The molecule has 3 heteroatoms. The highest BCUT2D eigenvalue weighted by atomic mass is 31.1. The molecule has 9 heavy (non-hydrogen) atoms. The summed E-state index contributed by atoms with van der Waals surface area (Å²) in [4.78, 5) is 0. The van der Waals surface area contributed by atoms with Crippen LogP contribution >= 0.6 is 8.69 Å². The minimum Gasteiger partial charge on any atom is -0.142 e. The van der Waals surface area contributed by atoms with E-state index in [0.29, 0.717) is 0 Å². The van der Waals surface area contributed by atoms with Crippen molar-refractivity contribution < 1.29 is 9.09 Å². The quantitative estimate of drug-likeness (QED) is 0.574. The Morgan fingerprint density at radius 2 is 1.89 bits per heavy atom. The van der Waals surface area contributed by atoms with Crippen LogP contribution in [0.1, 0.15) is 33.6 Å². The predicted octanol–water partition coefficient (Wildman–Crippen LogP) is 2.52. The lowest BCUT2D eigenvalue weighted by Gasteiger charge is -2.17. The number of hydrogen-bond acceptors (Lipinski definition) is 2. The molecule has 0 spiro atoms. The zero-order valence-corrected chi connectivity index (χ0v) is 7.23. The summed E-state index contributed by atoms with van der Waals surface area (Å²) in [6, 6.07) is 0. The molecule has 1 unspecified atom stereocenters. The normalized spacial score (nSPS) is 12.3. The van der Waals surface area contributed by atoms with Crippen molar-refractivity contribution >= 4 is 8.69 Å². The Balaban J connectivity index is 3.75. The fraction of sp³-hybridized carbons (Fsp3) is 1.00. The van der Waals surface area contributed by atoms with E-state index in [0.717, 1.165) is 12.8 Å². The van der Waals surface area contributed by atoms with Gasteiger partial charge in [-0.3, -0.25) is 0 Å². The molecule has 0 bridgehead atoms. The molecule has 0 heterocycles. The third-order valence-electron chi connectivity index (χ3n) is 1.78. The van der Waals surface area contributed by atoms with E-state index in [-0.39, 0.29) is 5.60 Å². The van der Waals surface area contributed by atoms with E-state index in [2.05, 4.69) is 0 Å². The molecule has 2 nitrogen and oxygen atoms in total. The van der Waals surface area contributed by atoms with Gasteiger partial charge in [-0.05, 0) is 24.3 Å². The van der Waals surface area contributed by atoms with Crippen molar-refractivity contribution in [1.29, 1.82) is 0 Å². The topological polar surface area (TPSA) is 26.3 Å². The van der Waals surface area contributed by atoms with Gasteiger partial charge in [0.25, 0.3) is 0 Å². The molecule has 0 aliphatic carbocycles. The molecule has 0 aliphatic heterocycles. The Labute approximate surface area is 57.9 Å². The van der Waals surface area contributed by atoms with Crippen LogP contribution in [-0.4, -0.2) is 5.60 Å². The standard InChI is InChI=1S/C6H14O2P/c1-4-6(3,5-2)8-9-7/h9H,4-5H2,1-3H3/q+1. The lowest BCUT2D eigenvalue weighted by molar-refractivity contribution is 0.0968. The van der Waals surface area contributed by atoms with Gasteiger partial charge < -0.3 is 0 Å². The molecule has 0 rings (SSSR count). The fourth-order valence-electron chi connectivity index (χ4n) is 0.495. The van der Waals surface area contributed by atoms with Crippen molar-refractivity contribution in [3.8, 4) is 0 Å². The van der Waals surface area contributed by atoms with Gasteiger partial charge in [0.05, 0.1) is 0 Å². The minimum absolute atomic E-state index is 0.166. The van der Waals surface area contributed by atoms with Crippen molar-refractivity contribution in [3.63, 3.8) is 0 Å². The van der Waals surface area contributed by atoms with Crippen LogP contribution in [0.15, 0.2) is 0 Å². The van der Waals surface area contributed by atoms with Crippen LogP contribution in [0.25, 0.3) is 0 Å². The molecular weight excluding hydrogens is 135 g/mol. The smallest absolute Gasteiger partial charge is 0.142 e. The SMILES string of the molecule is CCC(C)(CC)O[PH+]=O. The Hall–Kier alpha value is 0.0600. The van der Waals surface area contributed by atoms with Crippen LogP contribution in [0.5, 0.6) is 0 Å². The van der Waals surface area contributed by atoms with E-state index >= 15 is 0 Å². The molecule has 0 aromatic carbocycles. The number of rotatable bonds is 4. The summed E-state index contributed by atoms with van der Waals surface area (Å²) in [7, 11) is -0.627. The average Bonchev–Trinajstić information content (AvgIpc) is 1.89. The summed E-state index contributed by atoms with van der Waals surface area (Å²) in [5, 5.41) is 0. The van der Waals surface area contributed by atoms with Crippen LogP contribution in [-0.2, 0) is 9.09 Å². The molecule has 0 fully saturated rings. The first-order chi connectivity index (χ1) is 4.18. The largest absolute Gasteiger partial charge is 0.494 e. The van der Waals surface area contributed by atoms with Gasteiger partial charge in [-0.2, -0.15) is 0 Å². The van der Waals surface area contributed by atoms with Gasteiger partial charge in [-0.1, -0.05) is 13.8 Å². The van der Waals surface area contributed by atoms with E-state index in [1.54, 1.807) is 0 Å². The van der Waals surface area contributed by atoms with Crippen molar-refractivity contribution in [3.05, 3.63) is 0 Å². The van der Waals surface area contributed by atoms with E-state index in [1.165, 1.54) is 0 Å². The highest BCUT2D eigenvalue weighted by Gasteiger charge is 2.24. The third-order valence-corrected chi connectivity index (χ3v) is 2.36. The highest BCUT2D eigenvalue weighted by molar-refractivity contribution is 7.17. The van der Waals surface area contributed by atoms with Gasteiger partial charge in [0.15, 0.2) is 0 Å². The van der Waals surface area contributed by atoms with Gasteiger partial charge in [-0.25, -0.2) is 0 Å². The maximum atomic E-state index is 10.1. The second-order valence-corrected chi connectivity index (χ2v) is 2.71. The van der Waals surface area contributed by atoms with Crippen molar-refractivity contribution in [2.75, 3.05) is 0 Å². The zero-order chi connectivity index (χ0) is 7.33. The zero-order valence-electron chi connectivity index (χ0n) is 6.23. The summed E-state index contributed by atoms with van der Waals surface area (Å²) in [5.41, 5.74) is -0.166. The van der Waals surface area contributed by atoms with Gasteiger partial charge in [-0.15, -0.1) is 4.52 Å². The molecule has 54 valence electrons. The van der Waals surface area contributed by atoms with Crippen molar-refractivity contribution in [2.24, 2.45) is 0 Å². The van der Waals surface area contributed by atoms with Crippen LogP contribution in [0, 0.1) is 0 Å². The summed E-state index contributed by atoms with van der Waals surface area (Å²) >= 11 is 0. The van der Waals surface area contributed by atoms with E-state index in [4.69, 9.17) is 4.52 Å². The minimum atomic E-state index is -0.627. The van der Waals surface area contributed by atoms with Crippen molar-refractivity contribution in [1.82, 2.24) is 0 Å². The first-order valence-electron chi connectivity index (χ1n) is 3.23. The second-order valence-electron chi connectivity index (χ2n) is 2.34. The van der Waals surface area contributed by atoms with Gasteiger partial charge in [0.2, 0.25) is 0 Å². The highest BCUT2D eigenvalue weighted by Crippen LogP contribution is 2.23. The molecule has 0 aromatic heterocycles. The van der Waals surface area contributed by atoms with Gasteiger partial charge >= 0.3 is 8.69 Å². The Bertz CT molecular complexity index is 89.1. The predicted molar refractivity (Wildman–Crippen MR) is 39.1 cm³/mol. The monoisotopic (exact) mass is 149 g/mol. The molecule has 0 N–H and O–H groups in total. The van der Waals surface area contributed by atoms with Crippen LogP contribution in [0.3, 0.4) is 0 Å². The fourth-order valence-corrected chi connectivity index (χ4v) is 0.985. The van der Waals surface area contributed by atoms with Crippen LogP contribution in [0.2, 0.25) is 0 Å².